The summed E-state index contributed by atoms with van der Waals surface area (Å²) in [6, 6.07) is 14.2. The van der Waals surface area contributed by atoms with E-state index >= 15 is 0 Å². The zero-order chi connectivity index (χ0) is 30.7. The molecule has 1 atom stereocenters. The molecule has 0 saturated heterocycles. The van der Waals surface area contributed by atoms with Crippen molar-refractivity contribution in [3.05, 3.63) is 102 Å². The molecule has 3 heterocycles. The Hall–Kier alpha value is -4.90. The van der Waals surface area contributed by atoms with E-state index < -0.39 is 18.0 Å². The van der Waals surface area contributed by atoms with Crippen LogP contribution in [0.1, 0.15) is 54.4 Å². The van der Waals surface area contributed by atoms with Crippen LogP contribution < -0.4 is 24.4 Å². The highest BCUT2D eigenvalue weighted by atomic mass is 32.1. The maximum absolute atomic E-state index is 14.1. The monoisotopic (exact) mass is 602 g/mol. The number of carboxylic acid groups (broad SMARTS) is 1. The van der Waals surface area contributed by atoms with Crippen LogP contribution in [0.5, 0.6) is 11.5 Å². The fourth-order valence-electron chi connectivity index (χ4n) is 4.99. The fraction of sp³-hybridized carbons (Fsp3) is 0.250. The molecule has 2 aromatic carbocycles. The summed E-state index contributed by atoms with van der Waals surface area (Å²) in [4.78, 5) is 44.1. The third-order valence-electron chi connectivity index (χ3n) is 6.92. The number of thiazole rings is 1. The van der Waals surface area contributed by atoms with Gasteiger partial charge in [0.15, 0.2) is 4.80 Å². The number of esters is 1. The molecule has 43 heavy (non-hydrogen) atoms. The van der Waals surface area contributed by atoms with Gasteiger partial charge in [0.1, 0.15) is 29.1 Å². The molecule has 0 amide bonds. The topological polar surface area (TPSA) is 130 Å². The second kappa shape index (κ2) is 12.5. The van der Waals surface area contributed by atoms with Crippen LogP contribution in [0.4, 0.5) is 0 Å². The Labute approximate surface area is 250 Å². The van der Waals surface area contributed by atoms with Gasteiger partial charge in [0.05, 0.1) is 42.2 Å². The average molecular weight is 603 g/mol. The van der Waals surface area contributed by atoms with E-state index in [-0.39, 0.29) is 23.3 Å². The number of aromatic nitrogens is 1. The molecule has 222 valence electrons. The first kappa shape index (κ1) is 29.6. The number of allylic oxidation sites excluding steroid dienone is 1. The van der Waals surface area contributed by atoms with Crippen molar-refractivity contribution >= 4 is 29.4 Å². The molecule has 0 radical (unpaired) electrons. The summed E-state index contributed by atoms with van der Waals surface area (Å²) in [6.07, 6.45) is 2.83. The van der Waals surface area contributed by atoms with Gasteiger partial charge >= 0.3 is 11.9 Å². The van der Waals surface area contributed by atoms with Gasteiger partial charge in [0, 0.05) is 17.2 Å². The Morgan fingerprint density at radius 2 is 1.91 bits per heavy atom. The van der Waals surface area contributed by atoms with Crippen molar-refractivity contribution in [2.45, 2.75) is 32.7 Å². The van der Waals surface area contributed by atoms with Crippen molar-refractivity contribution in [2.24, 2.45) is 4.99 Å². The summed E-state index contributed by atoms with van der Waals surface area (Å²) >= 11 is 1.18. The van der Waals surface area contributed by atoms with Crippen molar-refractivity contribution in [1.82, 2.24) is 4.57 Å². The van der Waals surface area contributed by atoms with Gasteiger partial charge in [-0.1, -0.05) is 36.8 Å². The molecule has 11 heteroatoms. The Kier molecular flexibility index (Phi) is 8.63. The van der Waals surface area contributed by atoms with Gasteiger partial charge in [-0.15, -0.1) is 0 Å². The number of hydrogen-bond donors (Lipinski definition) is 1. The summed E-state index contributed by atoms with van der Waals surface area (Å²) < 4.78 is 24.4. The number of furan rings is 1. The van der Waals surface area contributed by atoms with Crippen molar-refractivity contribution in [3.8, 4) is 22.8 Å². The average Bonchev–Trinajstić information content (AvgIpc) is 3.60. The number of carboxylic acids is 1. The molecule has 1 aliphatic heterocycles. The number of carbonyl (C=O) groups is 2. The van der Waals surface area contributed by atoms with Gasteiger partial charge < -0.3 is 23.7 Å². The molecule has 0 spiro atoms. The van der Waals surface area contributed by atoms with Crippen LogP contribution >= 0.6 is 11.3 Å². The van der Waals surface area contributed by atoms with E-state index in [0.29, 0.717) is 55.6 Å². The number of rotatable bonds is 10. The molecule has 1 aliphatic rings. The smallest absolute Gasteiger partial charge is 0.338 e. The van der Waals surface area contributed by atoms with Crippen molar-refractivity contribution in [3.63, 3.8) is 0 Å². The maximum Gasteiger partial charge on any atom is 0.338 e. The molecule has 1 N–H and O–H groups in total. The number of methoxy groups -OCH3 is 2. The standard InChI is InChI=1S/C32H30N2O8S/c1-5-8-23-27(31(38)41-6-2)28(22-16-20(39-3)11-14-25(22)40-4)34-29(35)26(43-32(34)33-23)17-21-12-13-24(42-21)18-9-7-10-19(15-18)30(36)37/h7,9-17,28H,5-6,8H2,1-4H3,(H,36,37)/b26-17-/t28-/m1/s1. The van der Waals surface area contributed by atoms with E-state index in [2.05, 4.69) is 0 Å². The predicted molar refractivity (Wildman–Crippen MR) is 160 cm³/mol. The van der Waals surface area contributed by atoms with Crippen LogP contribution in [0.25, 0.3) is 17.4 Å². The van der Waals surface area contributed by atoms with Gasteiger partial charge in [-0.25, -0.2) is 14.6 Å². The highest BCUT2D eigenvalue weighted by Gasteiger charge is 2.36. The lowest BCUT2D eigenvalue weighted by Crippen LogP contribution is -2.40. The lowest BCUT2D eigenvalue weighted by molar-refractivity contribution is -0.139. The molecule has 0 unspecified atom stereocenters. The molecule has 5 rings (SSSR count). The second-order valence-electron chi connectivity index (χ2n) is 9.61. The Morgan fingerprint density at radius 1 is 1.09 bits per heavy atom. The van der Waals surface area contributed by atoms with Gasteiger partial charge in [0.2, 0.25) is 0 Å². The summed E-state index contributed by atoms with van der Waals surface area (Å²) in [5.41, 5.74) is 1.72. The lowest BCUT2D eigenvalue weighted by Gasteiger charge is -2.27. The molecular formula is C32H30N2O8S. The molecule has 0 aliphatic carbocycles. The number of nitrogens with zero attached hydrogens (tertiary/aromatic N) is 2. The van der Waals surface area contributed by atoms with E-state index in [1.54, 1.807) is 55.5 Å². The fourth-order valence-corrected chi connectivity index (χ4v) is 5.99. The van der Waals surface area contributed by atoms with E-state index in [9.17, 15) is 19.5 Å². The molecule has 0 saturated carbocycles. The van der Waals surface area contributed by atoms with Crippen LogP contribution in [-0.2, 0) is 9.53 Å². The van der Waals surface area contributed by atoms with Crippen molar-refractivity contribution < 1.29 is 33.3 Å². The number of benzene rings is 2. The Bertz CT molecular complexity index is 1910. The van der Waals surface area contributed by atoms with Gasteiger partial charge in [-0.05, 0) is 55.8 Å². The Balaban J connectivity index is 1.70. The number of carbonyl (C=O) groups excluding carboxylic acids is 1. The van der Waals surface area contributed by atoms with E-state index in [4.69, 9.17) is 23.6 Å². The minimum absolute atomic E-state index is 0.136. The molecule has 0 bridgehead atoms. The van der Waals surface area contributed by atoms with Crippen LogP contribution in [0, 0.1) is 0 Å². The zero-order valence-corrected chi connectivity index (χ0v) is 24.9. The lowest BCUT2D eigenvalue weighted by atomic mass is 9.93. The largest absolute Gasteiger partial charge is 0.497 e. The van der Waals surface area contributed by atoms with Crippen molar-refractivity contribution in [2.75, 3.05) is 20.8 Å². The van der Waals surface area contributed by atoms with Crippen LogP contribution in [0.15, 0.2) is 80.1 Å². The third-order valence-corrected chi connectivity index (χ3v) is 7.90. The molecule has 4 aromatic rings. The van der Waals surface area contributed by atoms with Gasteiger partial charge in [-0.2, -0.15) is 0 Å². The number of hydrogen-bond acceptors (Lipinski definition) is 9. The van der Waals surface area contributed by atoms with E-state index in [1.807, 2.05) is 6.92 Å². The van der Waals surface area contributed by atoms with Crippen LogP contribution in [-0.4, -0.2) is 42.4 Å². The van der Waals surface area contributed by atoms with Gasteiger partial charge in [0.25, 0.3) is 5.56 Å². The van der Waals surface area contributed by atoms with Crippen molar-refractivity contribution in [1.29, 1.82) is 0 Å². The third kappa shape index (κ3) is 5.76. The predicted octanol–water partition coefficient (Wildman–Crippen LogP) is 4.55. The van der Waals surface area contributed by atoms with Crippen LogP contribution in [0.3, 0.4) is 0 Å². The summed E-state index contributed by atoms with van der Waals surface area (Å²) in [7, 11) is 3.06. The van der Waals surface area contributed by atoms with Gasteiger partial charge in [-0.3, -0.25) is 9.36 Å². The molecule has 2 aromatic heterocycles. The SMILES string of the molecule is CCCC1=C(C(=O)OCC)[C@@H](c2cc(OC)ccc2OC)n2c(s/c(=C\c3ccc(-c4cccc(C(=O)O)c4)o3)c2=O)=N1. The van der Waals surface area contributed by atoms with E-state index in [1.165, 1.54) is 42.3 Å². The molecule has 10 nitrogen and oxygen atoms in total. The highest BCUT2D eigenvalue weighted by Crippen LogP contribution is 2.38. The first-order valence-electron chi connectivity index (χ1n) is 13.7. The minimum atomic E-state index is -1.04. The highest BCUT2D eigenvalue weighted by molar-refractivity contribution is 7.07. The first-order valence-corrected chi connectivity index (χ1v) is 14.5. The normalized spacial score (nSPS) is 14.7. The Morgan fingerprint density at radius 3 is 2.60 bits per heavy atom. The minimum Gasteiger partial charge on any atom is -0.497 e. The number of aromatic carboxylic acids is 1. The molecular weight excluding hydrogens is 572 g/mol. The summed E-state index contributed by atoms with van der Waals surface area (Å²) in [5.74, 6) is 0.259. The van der Waals surface area contributed by atoms with E-state index in [0.717, 1.165) is 6.42 Å². The quantitative estimate of drug-likeness (QED) is 0.262. The molecule has 0 fully saturated rings. The zero-order valence-electron chi connectivity index (χ0n) is 24.1. The second-order valence-corrected chi connectivity index (χ2v) is 10.6. The number of fused-ring (bicyclic) bond motifs is 1. The number of ether oxygens (including phenoxy) is 3. The maximum atomic E-state index is 14.1. The first-order chi connectivity index (χ1) is 20.8. The summed E-state index contributed by atoms with van der Waals surface area (Å²) in [5, 5.41) is 9.34. The van der Waals surface area contributed by atoms with Crippen LogP contribution in [0.2, 0.25) is 0 Å². The summed E-state index contributed by atoms with van der Waals surface area (Å²) in [6.45, 7) is 3.87.